The minimum atomic E-state index is -0.332. The first-order chi connectivity index (χ1) is 15.1. The summed E-state index contributed by atoms with van der Waals surface area (Å²) in [6.07, 6.45) is 0.557. The Morgan fingerprint density at radius 2 is 2.13 bits per heavy atom. The van der Waals surface area contributed by atoms with Gasteiger partial charge >= 0.3 is 0 Å². The molecule has 0 atom stereocenters. The molecular weight excluding hydrogens is 419 g/mol. The minimum absolute atomic E-state index is 0.226. The van der Waals surface area contributed by atoms with E-state index < -0.39 is 0 Å². The fraction of sp³-hybridized carbons (Fsp3) is 0.136. The van der Waals surface area contributed by atoms with Gasteiger partial charge in [0.1, 0.15) is 5.82 Å². The van der Waals surface area contributed by atoms with Crippen molar-refractivity contribution < 1.29 is 18.3 Å². The van der Waals surface area contributed by atoms with Crippen molar-refractivity contribution in [3.8, 4) is 17.1 Å². The Labute approximate surface area is 180 Å². The van der Waals surface area contributed by atoms with Crippen LogP contribution in [0.1, 0.15) is 16.2 Å². The predicted octanol–water partition coefficient (Wildman–Crippen LogP) is 4.32. The quantitative estimate of drug-likeness (QED) is 0.429. The number of para-hydroxylation sites is 1. The van der Waals surface area contributed by atoms with Gasteiger partial charge in [0.25, 0.3) is 5.91 Å². The van der Waals surface area contributed by atoms with Crippen LogP contribution in [-0.2, 0) is 6.42 Å². The van der Waals surface area contributed by atoms with Crippen LogP contribution in [-0.4, -0.2) is 34.2 Å². The first kappa shape index (κ1) is 19.3. The third-order valence-electron chi connectivity index (χ3n) is 4.85. The SMILES string of the molecule is COc1cccc2cc(C(=O)NCCc3csc4nc(-c5cccc(F)c5)nn34)oc12. The molecule has 5 aromatic rings. The highest BCUT2D eigenvalue weighted by Crippen LogP contribution is 2.28. The molecule has 0 spiro atoms. The number of amides is 1. The highest BCUT2D eigenvalue weighted by atomic mass is 32.1. The van der Waals surface area contributed by atoms with Gasteiger partial charge in [-0.2, -0.15) is 4.98 Å². The van der Waals surface area contributed by atoms with E-state index in [1.165, 1.54) is 23.5 Å². The first-order valence-corrected chi connectivity index (χ1v) is 10.4. The van der Waals surface area contributed by atoms with Crippen LogP contribution in [0.2, 0.25) is 0 Å². The van der Waals surface area contributed by atoms with Crippen LogP contribution in [0.4, 0.5) is 4.39 Å². The molecule has 3 aromatic heterocycles. The number of methoxy groups -OCH3 is 1. The molecule has 0 saturated carbocycles. The van der Waals surface area contributed by atoms with Crippen molar-refractivity contribution in [3.05, 3.63) is 71.2 Å². The Balaban J connectivity index is 1.28. The molecule has 2 aromatic carbocycles. The van der Waals surface area contributed by atoms with Crippen LogP contribution in [0, 0.1) is 5.82 Å². The first-order valence-electron chi connectivity index (χ1n) is 9.56. The molecule has 31 heavy (non-hydrogen) atoms. The third-order valence-corrected chi connectivity index (χ3v) is 5.72. The van der Waals surface area contributed by atoms with Crippen LogP contribution < -0.4 is 10.1 Å². The van der Waals surface area contributed by atoms with Crippen LogP contribution in [0.15, 0.2) is 58.3 Å². The number of halogens is 1. The van der Waals surface area contributed by atoms with Gasteiger partial charge in [0, 0.05) is 29.3 Å². The largest absolute Gasteiger partial charge is 0.493 e. The Hall–Kier alpha value is -3.72. The van der Waals surface area contributed by atoms with E-state index in [4.69, 9.17) is 9.15 Å². The number of carbonyl (C=O) groups excluding carboxylic acids is 1. The van der Waals surface area contributed by atoms with E-state index in [2.05, 4.69) is 15.4 Å². The molecule has 0 aliphatic carbocycles. The van der Waals surface area contributed by atoms with E-state index in [1.54, 1.807) is 35.9 Å². The molecule has 1 amide bonds. The number of nitrogens with zero attached hydrogens (tertiary/aromatic N) is 3. The average molecular weight is 436 g/mol. The predicted molar refractivity (Wildman–Crippen MR) is 115 cm³/mol. The number of rotatable bonds is 6. The molecule has 0 saturated heterocycles. The molecule has 7 nitrogen and oxygen atoms in total. The van der Waals surface area contributed by atoms with Gasteiger partial charge in [-0.15, -0.1) is 16.4 Å². The topological polar surface area (TPSA) is 81.7 Å². The monoisotopic (exact) mass is 436 g/mol. The molecule has 0 radical (unpaired) electrons. The Kier molecular flexibility index (Phi) is 4.87. The van der Waals surface area contributed by atoms with Crippen molar-refractivity contribution in [2.24, 2.45) is 0 Å². The van der Waals surface area contributed by atoms with Gasteiger partial charge in [0.2, 0.25) is 4.96 Å². The zero-order valence-corrected chi connectivity index (χ0v) is 17.3. The number of nitrogens with one attached hydrogen (secondary N) is 1. The van der Waals surface area contributed by atoms with E-state index in [9.17, 15) is 9.18 Å². The highest BCUT2D eigenvalue weighted by molar-refractivity contribution is 7.15. The van der Waals surface area contributed by atoms with Crippen molar-refractivity contribution in [2.75, 3.05) is 13.7 Å². The number of furan rings is 1. The Morgan fingerprint density at radius 3 is 2.97 bits per heavy atom. The third kappa shape index (κ3) is 3.64. The van der Waals surface area contributed by atoms with Crippen LogP contribution in [0.25, 0.3) is 27.3 Å². The van der Waals surface area contributed by atoms with Crippen molar-refractivity contribution in [3.63, 3.8) is 0 Å². The molecule has 156 valence electrons. The normalized spacial score (nSPS) is 11.3. The summed E-state index contributed by atoms with van der Waals surface area (Å²) in [4.78, 5) is 17.7. The van der Waals surface area contributed by atoms with Gasteiger partial charge in [0.05, 0.1) is 12.8 Å². The fourth-order valence-corrected chi connectivity index (χ4v) is 4.20. The van der Waals surface area contributed by atoms with Crippen LogP contribution in [0.5, 0.6) is 5.75 Å². The summed E-state index contributed by atoms with van der Waals surface area (Å²) >= 11 is 1.45. The van der Waals surface area contributed by atoms with Crippen LogP contribution >= 0.6 is 11.3 Å². The summed E-state index contributed by atoms with van der Waals surface area (Å²) in [7, 11) is 1.56. The van der Waals surface area contributed by atoms with E-state index in [0.717, 1.165) is 11.1 Å². The molecule has 1 N–H and O–H groups in total. The summed E-state index contributed by atoms with van der Waals surface area (Å²) in [5.41, 5.74) is 2.07. The van der Waals surface area contributed by atoms with E-state index >= 15 is 0 Å². The lowest BCUT2D eigenvalue weighted by molar-refractivity contribution is 0.0928. The Morgan fingerprint density at radius 1 is 1.26 bits per heavy atom. The number of benzene rings is 2. The molecule has 9 heteroatoms. The van der Waals surface area contributed by atoms with Gasteiger partial charge in [0.15, 0.2) is 22.9 Å². The summed E-state index contributed by atoms with van der Waals surface area (Å²) in [6, 6.07) is 13.4. The minimum Gasteiger partial charge on any atom is -0.493 e. The Bertz CT molecular complexity index is 1400. The highest BCUT2D eigenvalue weighted by Gasteiger charge is 2.16. The van der Waals surface area contributed by atoms with Gasteiger partial charge in [-0.1, -0.05) is 24.3 Å². The molecule has 0 bridgehead atoms. The number of thiazole rings is 1. The maximum Gasteiger partial charge on any atom is 0.287 e. The average Bonchev–Trinajstić information content (AvgIpc) is 3.48. The summed E-state index contributed by atoms with van der Waals surface area (Å²) in [5, 5.41) is 10.1. The number of hydrogen-bond donors (Lipinski definition) is 1. The van der Waals surface area contributed by atoms with Gasteiger partial charge in [-0.05, 0) is 24.3 Å². The van der Waals surface area contributed by atoms with Crippen molar-refractivity contribution >= 4 is 33.2 Å². The number of ether oxygens (including phenoxy) is 1. The lowest BCUT2D eigenvalue weighted by atomic mass is 10.2. The summed E-state index contributed by atoms with van der Waals surface area (Å²) in [6.45, 7) is 0.397. The molecule has 0 fully saturated rings. The molecule has 0 unspecified atom stereocenters. The second-order valence-electron chi connectivity index (χ2n) is 6.86. The van der Waals surface area contributed by atoms with E-state index in [-0.39, 0.29) is 17.5 Å². The summed E-state index contributed by atoms with van der Waals surface area (Å²) < 4.78 is 26.2. The van der Waals surface area contributed by atoms with Crippen molar-refractivity contribution in [1.29, 1.82) is 0 Å². The maximum absolute atomic E-state index is 13.5. The van der Waals surface area contributed by atoms with Gasteiger partial charge in [-0.3, -0.25) is 4.79 Å². The zero-order valence-electron chi connectivity index (χ0n) is 16.5. The smallest absolute Gasteiger partial charge is 0.287 e. The summed E-state index contributed by atoms with van der Waals surface area (Å²) in [5.74, 6) is 0.639. The van der Waals surface area contributed by atoms with Crippen molar-refractivity contribution in [1.82, 2.24) is 19.9 Å². The van der Waals surface area contributed by atoms with Crippen LogP contribution in [0.3, 0.4) is 0 Å². The zero-order chi connectivity index (χ0) is 21.4. The molecular formula is C22H17FN4O3S. The maximum atomic E-state index is 13.5. The van der Waals surface area contributed by atoms with E-state index in [1.807, 2.05) is 17.5 Å². The van der Waals surface area contributed by atoms with Crippen molar-refractivity contribution in [2.45, 2.75) is 6.42 Å². The lowest BCUT2D eigenvalue weighted by Gasteiger charge is -2.02. The number of fused-ring (bicyclic) bond motifs is 2. The molecule has 0 aliphatic heterocycles. The second-order valence-corrected chi connectivity index (χ2v) is 7.70. The standard InChI is InChI=1S/C22H17FN4O3S/c1-29-17-7-3-4-13-11-18(30-19(13)17)21(28)24-9-8-16-12-31-22-25-20(26-27(16)22)14-5-2-6-15(23)10-14/h2-7,10-12H,8-9H2,1H3,(H,24,28). The second kappa shape index (κ2) is 7.84. The molecule has 3 heterocycles. The lowest BCUT2D eigenvalue weighted by Crippen LogP contribution is -2.25. The van der Waals surface area contributed by atoms with Gasteiger partial charge in [-0.25, -0.2) is 8.91 Å². The number of carbonyl (C=O) groups is 1. The molecule has 5 rings (SSSR count). The van der Waals surface area contributed by atoms with Gasteiger partial charge < -0.3 is 14.5 Å². The molecule has 0 aliphatic rings. The number of hydrogen-bond acceptors (Lipinski definition) is 6. The fourth-order valence-electron chi connectivity index (χ4n) is 3.35. The number of aromatic nitrogens is 3. The van der Waals surface area contributed by atoms with E-state index in [0.29, 0.717) is 40.6 Å².